The van der Waals surface area contributed by atoms with Crippen molar-refractivity contribution in [2.45, 2.75) is 44.6 Å². The quantitative estimate of drug-likeness (QED) is 0.618. The molecule has 32 heavy (non-hydrogen) atoms. The summed E-state index contributed by atoms with van der Waals surface area (Å²) in [4.78, 5) is 23.6. The number of aryl methyl sites for hydroxylation is 1. The lowest BCUT2D eigenvalue weighted by Crippen LogP contribution is -2.51. The largest absolute Gasteiger partial charge is 0.375 e. The van der Waals surface area contributed by atoms with Crippen molar-refractivity contribution in [1.29, 1.82) is 0 Å². The molecule has 2 aliphatic heterocycles. The molecule has 1 atom stereocenters. The smallest absolute Gasteiger partial charge is 0.255 e. The number of rotatable bonds is 4. The fourth-order valence-corrected chi connectivity index (χ4v) is 4.84. The molecule has 7 nitrogen and oxygen atoms in total. The summed E-state index contributed by atoms with van der Waals surface area (Å²) in [5.74, 6) is 1.82. The number of amides is 1. The molecular formula is C25H28N4O3. The van der Waals surface area contributed by atoms with Crippen LogP contribution in [0.5, 0.6) is 0 Å². The zero-order valence-electron chi connectivity index (χ0n) is 18.4. The highest BCUT2D eigenvalue weighted by molar-refractivity contribution is 5.94. The van der Waals surface area contributed by atoms with Gasteiger partial charge in [-0.2, -0.15) is 4.98 Å². The molecule has 0 radical (unpaired) electrons. The summed E-state index contributed by atoms with van der Waals surface area (Å²) in [6.45, 7) is 4.07. The average Bonchev–Trinajstić information content (AvgIpc) is 3.29. The minimum atomic E-state index is -0.159. The first-order chi connectivity index (χ1) is 15.6. The minimum Gasteiger partial charge on any atom is -0.375 e. The Labute approximate surface area is 187 Å². The molecule has 4 heterocycles. The molecule has 2 aliphatic rings. The molecule has 5 rings (SSSR count). The van der Waals surface area contributed by atoms with Gasteiger partial charge in [-0.05, 0) is 50.7 Å². The number of benzene rings is 1. The van der Waals surface area contributed by atoms with Gasteiger partial charge in [-0.15, -0.1) is 0 Å². The number of hydrogen-bond acceptors (Lipinski definition) is 6. The van der Waals surface area contributed by atoms with E-state index in [-0.39, 0.29) is 11.5 Å². The standard InChI is InChI=1S/C25H28N4O3/c1-18-7-8-21(17-26-18)24(30)29-12-10-25(11-13-29)16-19(9-14-31-25)15-22-27-23(28-32-22)20-5-3-2-4-6-20/h2-8,17,19H,9-16H2,1H3. The highest BCUT2D eigenvalue weighted by Gasteiger charge is 2.41. The van der Waals surface area contributed by atoms with E-state index in [1.807, 2.05) is 54.3 Å². The molecule has 0 aliphatic carbocycles. The summed E-state index contributed by atoms with van der Waals surface area (Å²) in [6, 6.07) is 13.6. The van der Waals surface area contributed by atoms with Crippen LogP contribution in [0.4, 0.5) is 0 Å². The van der Waals surface area contributed by atoms with Gasteiger partial charge in [0.15, 0.2) is 0 Å². The molecule has 1 spiro atoms. The van der Waals surface area contributed by atoms with E-state index in [1.54, 1.807) is 6.20 Å². The summed E-state index contributed by atoms with van der Waals surface area (Å²) < 4.78 is 11.8. The lowest BCUT2D eigenvalue weighted by molar-refractivity contribution is -0.124. The summed E-state index contributed by atoms with van der Waals surface area (Å²) in [5.41, 5.74) is 2.37. The molecule has 1 aromatic carbocycles. The Morgan fingerprint density at radius 2 is 1.97 bits per heavy atom. The first kappa shape index (κ1) is 20.8. The Kier molecular flexibility index (Phi) is 5.74. The maximum atomic E-state index is 12.8. The lowest BCUT2D eigenvalue weighted by atomic mass is 9.78. The van der Waals surface area contributed by atoms with E-state index in [0.717, 1.165) is 50.0 Å². The number of pyridine rings is 1. The molecular weight excluding hydrogens is 404 g/mol. The van der Waals surface area contributed by atoms with Gasteiger partial charge in [0.25, 0.3) is 5.91 Å². The second-order valence-corrected chi connectivity index (χ2v) is 8.95. The SMILES string of the molecule is Cc1ccc(C(=O)N2CCC3(CC2)CC(Cc2nc(-c4ccccc4)no2)CCO3)cn1. The van der Waals surface area contributed by atoms with Crippen LogP contribution >= 0.6 is 0 Å². The van der Waals surface area contributed by atoms with E-state index in [9.17, 15) is 4.79 Å². The third-order valence-electron chi connectivity index (χ3n) is 6.68. The number of carbonyl (C=O) groups is 1. The molecule has 7 heteroatoms. The monoisotopic (exact) mass is 432 g/mol. The first-order valence-electron chi connectivity index (χ1n) is 11.3. The summed E-state index contributed by atoms with van der Waals surface area (Å²) in [5, 5.41) is 4.15. The molecule has 1 unspecified atom stereocenters. The van der Waals surface area contributed by atoms with Crippen LogP contribution in [0.2, 0.25) is 0 Å². The van der Waals surface area contributed by atoms with Gasteiger partial charge in [0.1, 0.15) is 0 Å². The van der Waals surface area contributed by atoms with Gasteiger partial charge < -0.3 is 14.2 Å². The van der Waals surface area contributed by atoms with Crippen molar-refractivity contribution in [2.75, 3.05) is 19.7 Å². The predicted molar refractivity (Wildman–Crippen MR) is 119 cm³/mol. The third kappa shape index (κ3) is 4.43. The van der Waals surface area contributed by atoms with Crippen molar-refractivity contribution < 1.29 is 14.1 Å². The number of nitrogens with zero attached hydrogens (tertiary/aromatic N) is 4. The van der Waals surface area contributed by atoms with E-state index in [2.05, 4.69) is 15.1 Å². The van der Waals surface area contributed by atoms with Crippen molar-refractivity contribution in [3.63, 3.8) is 0 Å². The number of aromatic nitrogens is 3. The van der Waals surface area contributed by atoms with Crippen molar-refractivity contribution in [3.8, 4) is 11.4 Å². The zero-order chi connectivity index (χ0) is 22.0. The Morgan fingerprint density at radius 1 is 1.16 bits per heavy atom. The van der Waals surface area contributed by atoms with Gasteiger partial charge in [-0.25, -0.2) is 0 Å². The van der Waals surface area contributed by atoms with Crippen LogP contribution in [0.3, 0.4) is 0 Å². The molecule has 0 saturated carbocycles. The van der Waals surface area contributed by atoms with E-state index in [1.165, 1.54) is 0 Å². The van der Waals surface area contributed by atoms with Crippen LogP contribution in [0.25, 0.3) is 11.4 Å². The summed E-state index contributed by atoms with van der Waals surface area (Å²) >= 11 is 0. The normalized spacial score (nSPS) is 20.4. The van der Waals surface area contributed by atoms with Crippen LogP contribution < -0.4 is 0 Å². The highest BCUT2D eigenvalue weighted by Crippen LogP contribution is 2.39. The Morgan fingerprint density at radius 3 is 2.72 bits per heavy atom. The Hall–Kier alpha value is -3.06. The number of piperidine rings is 1. The maximum absolute atomic E-state index is 12.8. The number of carbonyl (C=O) groups excluding carboxylic acids is 1. The van der Waals surface area contributed by atoms with Crippen LogP contribution in [-0.4, -0.2) is 51.2 Å². The van der Waals surface area contributed by atoms with Crippen molar-refractivity contribution in [2.24, 2.45) is 5.92 Å². The molecule has 3 aromatic rings. The van der Waals surface area contributed by atoms with Gasteiger partial charge in [0, 0.05) is 43.6 Å². The molecule has 0 bridgehead atoms. The topological polar surface area (TPSA) is 81.4 Å². The van der Waals surface area contributed by atoms with Gasteiger partial charge in [-0.1, -0.05) is 35.5 Å². The van der Waals surface area contributed by atoms with Crippen LogP contribution in [0.1, 0.15) is 47.6 Å². The van der Waals surface area contributed by atoms with Gasteiger partial charge in [0.2, 0.25) is 11.7 Å². The summed E-state index contributed by atoms with van der Waals surface area (Å²) in [6.07, 6.45) is 6.10. The second kappa shape index (κ2) is 8.82. The fourth-order valence-electron chi connectivity index (χ4n) is 4.84. The molecule has 1 amide bonds. The highest BCUT2D eigenvalue weighted by atomic mass is 16.5. The van der Waals surface area contributed by atoms with Crippen LogP contribution in [-0.2, 0) is 11.2 Å². The minimum absolute atomic E-state index is 0.0546. The summed E-state index contributed by atoms with van der Waals surface area (Å²) in [7, 11) is 0. The average molecular weight is 433 g/mol. The lowest BCUT2D eigenvalue weighted by Gasteiger charge is -2.46. The van der Waals surface area contributed by atoms with Crippen LogP contribution in [0, 0.1) is 12.8 Å². The van der Waals surface area contributed by atoms with E-state index in [4.69, 9.17) is 9.26 Å². The third-order valence-corrected chi connectivity index (χ3v) is 6.68. The second-order valence-electron chi connectivity index (χ2n) is 8.95. The van der Waals surface area contributed by atoms with E-state index < -0.39 is 0 Å². The van der Waals surface area contributed by atoms with Crippen molar-refractivity contribution >= 4 is 5.91 Å². The van der Waals surface area contributed by atoms with Gasteiger partial charge >= 0.3 is 0 Å². The Balaban J connectivity index is 1.19. The van der Waals surface area contributed by atoms with Gasteiger partial charge in [-0.3, -0.25) is 9.78 Å². The fraction of sp³-hybridized carbons (Fsp3) is 0.440. The Bertz CT molecular complexity index is 1060. The zero-order valence-corrected chi connectivity index (χ0v) is 18.4. The van der Waals surface area contributed by atoms with Crippen molar-refractivity contribution in [3.05, 3.63) is 65.8 Å². The molecule has 2 fully saturated rings. The van der Waals surface area contributed by atoms with Crippen LogP contribution in [0.15, 0.2) is 53.2 Å². The molecule has 2 aromatic heterocycles. The molecule has 166 valence electrons. The van der Waals surface area contributed by atoms with E-state index in [0.29, 0.717) is 36.3 Å². The first-order valence-corrected chi connectivity index (χ1v) is 11.3. The molecule has 2 saturated heterocycles. The number of ether oxygens (including phenoxy) is 1. The predicted octanol–water partition coefficient (Wildman–Crippen LogP) is 4.08. The van der Waals surface area contributed by atoms with Crippen molar-refractivity contribution in [1.82, 2.24) is 20.0 Å². The maximum Gasteiger partial charge on any atom is 0.255 e. The van der Waals surface area contributed by atoms with E-state index >= 15 is 0 Å². The van der Waals surface area contributed by atoms with Gasteiger partial charge in [0.05, 0.1) is 11.2 Å². The number of hydrogen-bond donors (Lipinski definition) is 0. The number of likely N-dealkylation sites (tertiary alicyclic amines) is 1. The molecule has 0 N–H and O–H groups in total.